The Morgan fingerprint density at radius 1 is 1.24 bits per heavy atom. The number of aromatic nitrogens is 4. The average molecular weight is 297 g/mol. The SMILES string of the molecule is Cc1nc(-c2nnc3n2CCNC3c2ccccc2)cs1. The summed E-state index contributed by atoms with van der Waals surface area (Å²) in [6.07, 6.45) is 0. The molecular weight excluding hydrogens is 282 g/mol. The van der Waals surface area contributed by atoms with E-state index in [2.05, 4.69) is 49.3 Å². The van der Waals surface area contributed by atoms with Gasteiger partial charge in [0.05, 0.1) is 11.0 Å². The summed E-state index contributed by atoms with van der Waals surface area (Å²) in [6, 6.07) is 10.5. The van der Waals surface area contributed by atoms with Crippen LogP contribution in [0.1, 0.15) is 22.4 Å². The first-order valence-corrected chi connectivity index (χ1v) is 7.85. The van der Waals surface area contributed by atoms with Crippen molar-refractivity contribution >= 4 is 11.3 Å². The largest absolute Gasteiger partial charge is 0.307 e. The number of thiazole rings is 1. The Hall–Kier alpha value is -2.05. The molecule has 0 saturated heterocycles. The van der Waals surface area contributed by atoms with Crippen molar-refractivity contribution in [2.24, 2.45) is 0 Å². The lowest BCUT2D eigenvalue weighted by molar-refractivity contribution is 0.458. The summed E-state index contributed by atoms with van der Waals surface area (Å²) in [5.74, 6) is 1.84. The second kappa shape index (κ2) is 5.05. The highest BCUT2D eigenvalue weighted by molar-refractivity contribution is 7.09. The lowest BCUT2D eigenvalue weighted by Crippen LogP contribution is -2.34. The molecule has 1 aliphatic rings. The molecule has 4 rings (SSSR count). The molecule has 1 atom stereocenters. The van der Waals surface area contributed by atoms with E-state index in [0.29, 0.717) is 0 Å². The van der Waals surface area contributed by atoms with Crippen molar-refractivity contribution < 1.29 is 0 Å². The zero-order valence-electron chi connectivity index (χ0n) is 11.7. The Bertz CT molecular complexity index is 761. The Morgan fingerprint density at radius 3 is 2.86 bits per heavy atom. The fourth-order valence-electron chi connectivity index (χ4n) is 2.73. The second-order valence-electron chi connectivity index (χ2n) is 5.08. The van der Waals surface area contributed by atoms with Gasteiger partial charge in [0.1, 0.15) is 5.69 Å². The standard InChI is InChI=1S/C15H15N5S/c1-10-17-12(9-21-10)14-18-19-15-13(16-7-8-20(14)15)11-5-3-2-4-6-11/h2-6,9,13,16H,7-8H2,1H3. The Kier molecular flexibility index (Phi) is 3.05. The van der Waals surface area contributed by atoms with E-state index in [0.717, 1.165) is 35.4 Å². The van der Waals surface area contributed by atoms with Gasteiger partial charge in [-0.15, -0.1) is 21.5 Å². The van der Waals surface area contributed by atoms with E-state index in [-0.39, 0.29) is 6.04 Å². The van der Waals surface area contributed by atoms with Gasteiger partial charge in [0.15, 0.2) is 11.6 Å². The number of hydrogen-bond acceptors (Lipinski definition) is 5. The highest BCUT2D eigenvalue weighted by Gasteiger charge is 2.27. The van der Waals surface area contributed by atoms with Crippen LogP contribution in [0.5, 0.6) is 0 Å². The van der Waals surface area contributed by atoms with Crippen LogP contribution in [0.15, 0.2) is 35.7 Å². The van der Waals surface area contributed by atoms with E-state index in [1.807, 2.05) is 18.4 Å². The minimum atomic E-state index is 0.0981. The van der Waals surface area contributed by atoms with Crippen molar-refractivity contribution in [1.82, 2.24) is 25.1 Å². The fourth-order valence-corrected chi connectivity index (χ4v) is 3.32. The monoisotopic (exact) mass is 297 g/mol. The third-order valence-electron chi connectivity index (χ3n) is 3.70. The maximum atomic E-state index is 4.53. The minimum Gasteiger partial charge on any atom is -0.307 e. The summed E-state index contributed by atoms with van der Waals surface area (Å²) in [6.45, 7) is 3.79. The van der Waals surface area contributed by atoms with Gasteiger partial charge in [-0.25, -0.2) is 4.98 Å². The first kappa shape index (κ1) is 12.7. The molecule has 6 heteroatoms. The minimum absolute atomic E-state index is 0.0981. The molecule has 1 aromatic carbocycles. The van der Waals surface area contributed by atoms with Gasteiger partial charge in [-0.3, -0.25) is 0 Å². The van der Waals surface area contributed by atoms with Crippen molar-refractivity contribution in [2.75, 3.05) is 6.54 Å². The van der Waals surface area contributed by atoms with Gasteiger partial charge in [-0.05, 0) is 12.5 Å². The van der Waals surface area contributed by atoms with Gasteiger partial charge in [0.2, 0.25) is 0 Å². The maximum Gasteiger partial charge on any atom is 0.183 e. The van der Waals surface area contributed by atoms with Crippen LogP contribution in [0.25, 0.3) is 11.5 Å². The van der Waals surface area contributed by atoms with E-state index >= 15 is 0 Å². The summed E-state index contributed by atoms with van der Waals surface area (Å²) in [5, 5.41) is 15.4. The Labute approximate surface area is 126 Å². The second-order valence-corrected chi connectivity index (χ2v) is 6.15. The first-order chi connectivity index (χ1) is 10.3. The molecule has 106 valence electrons. The summed E-state index contributed by atoms with van der Waals surface area (Å²) in [7, 11) is 0. The maximum absolute atomic E-state index is 4.53. The molecule has 0 saturated carbocycles. The van der Waals surface area contributed by atoms with Gasteiger partial charge in [-0.2, -0.15) is 0 Å². The highest BCUT2D eigenvalue weighted by Crippen LogP contribution is 2.28. The van der Waals surface area contributed by atoms with Crippen LogP contribution >= 0.6 is 11.3 Å². The molecular formula is C15H15N5S. The highest BCUT2D eigenvalue weighted by atomic mass is 32.1. The Morgan fingerprint density at radius 2 is 2.10 bits per heavy atom. The van der Waals surface area contributed by atoms with Crippen molar-refractivity contribution in [3.8, 4) is 11.5 Å². The molecule has 0 radical (unpaired) electrons. The van der Waals surface area contributed by atoms with Crippen molar-refractivity contribution in [1.29, 1.82) is 0 Å². The van der Waals surface area contributed by atoms with Crippen LogP contribution in [-0.4, -0.2) is 26.3 Å². The molecule has 0 aliphatic carbocycles. The zero-order chi connectivity index (χ0) is 14.2. The average Bonchev–Trinajstić information content (AvgIpc) is 3.13. The summed E-state index contributed by atoms with van der Waals surface area (Å²) in [4.78, 5) is 4.53. The fraction of sp³-hybridized carbons (Fsp3) is 0.267. The topological polar surface area (TPSA) is 55.6 Å². The van der Waals surface area contributed by atoms with Gasteiger partial charge in [0.25, 0.3) is 0 Å². The van der Waals surface area contributed by atoms with Gasteiger partial charge < -0.3 is 9.88 Å². The molecule has 0 amide bonds. The lowest BCUT2D eigenvalue weighted by atomic mass is 10.0. The normalized spacial score (nSPS) is 17.7. The molecule has 21 heavy (non-hydrogen) atoms. The predicted octanol–water partition coefficient (Wildman–Crippen LogP) is 2.40. The summed E-state index contributed by atoms with van der Waals surface area (Å²) in [5.41, 5.74) is 2.14. The Balaban J connectivity index is 1.79. The van der Waals surface area contributed by atoms with Crippen LogP contribution in [0.4, 0.5) is 0 Å². The van der Waals surface area contributed by atoms with E-state index in [1.165, 1.54) is 5.56 Å². The number of rotatable bonds is 2. The number of fused-ring (bicyclic) bond motifs is 1. The molecule has 0 spiro atoms. The van der Waals surface area contributed by atoms with Crippen LogP contribution in [0.2, 0.25) is 0 Å². The molecule has 1 N–H and O–H groups in total. The first-order valence-electron chi connectivity index (χ1n) is 6.97. The van der Waals surface area contributed by atoms with Crippen molar-refractivity contribution in [3.63, 3.8) is 0 Å². The number of aryl methyl sites for hydroxylation is 1. The van der Waals surface area contributed by atoms with Gasteiger partial charge >= 0.3 is 0 Å². The van der Waals surface area contributed by atoms with Crippen molar-refractivity contribution in [3.05, 3.63) is 52.1 Å². The number of hydrogen-bond donors (Lipinski definition) is 1. The smallest absolute Gasteiger partial charge is 0.183 e. The van der Waals surface area contributed by atoms with E-state index in [9.17, 15) is 0 Å². The molecule has 2 aromatic heterocycles. The van der Waals surface area contributed by atoms with Crippen LogP contribution in [-0.2, 0) is 6.54 Å². The zero-order valence-corrected chi connectivity index (χ0v) is 12.5. The van der Waals surface area contributed by atoms with Crippen LogP contribution < -0.4 is 5.32 Å². The molecule has 3 heterocycles. The number of benzene rings is 1. The van der Waals surface area contributed by atoms with Crippen LogP contribution in [0.3, 0.4) is 0 Å². The van der Waals surface area contributed by atoms with Gasteiger partial charge in [0, 0.05) is 18.5 Å². The van der Waals surface area contributed by atoms with Gasteiger partial charge in [-0.1, -0.05) is 30.3 Å². The summed E-state index contributed by atoms with van der Waals surface area (Å²) < 4.78 is 2.18. The van der Waals surface area contributed by atoms with E-state index < -0.39 is 0 Å². The molecule has 5 nitrogen and oxygen atoms in total. The third kappa shape index (κ3) is 2.16. The summed E-state index contributed by atoms with van der Waals surface area (Å²) >= 11 is 1.64. The molecule has 1 aliphatic heterocycles. The molecule has 1 unspecified atom stereocenters. The molecule has 0 bridgehead atoms. The lowest BCUT2D eigenvalue weighted by Gasteiger charge is -2.25. The predicted molar refractivity (Wildman–Crippen MR) is 82.2 cm³/mol. The number of nitrogens with zero attached hydrogens (tertiary/aromatic N) is 4. The molecule has 0 fully saturated rings. The van der Waals surface area contributed by atoms with Crippen molar-refractivity contribution in [2.45, 2.75) is 19.5 Å². The number of nitrogens with one attached hydrogen (secondary N) is 1. The molecule has 3 aromatic rings. The quantitative estimate of drug-likeness (QED) is 0.789. The third-order valence-corrected chi connectivity index (χ3v) is 4.48. The van der Waals surface area contributed by atoms with E-state index in [4.69, 9.17) is 0 Å². The van der Waals surface area contributed by atoms with Crippen LogP contribution in [0, 0.1) is 6.92 Å². The van der Waals surface area contributed by atoms with E-state index in [1.54, 1.807) is 11.3 Å².